The molecule has 4 rings (SSSR count). The Morgan fingerprint density at radius 2 is 2.12 bits per heavy atom. The van der Waals surface area contributed by atoms with Gasteiger partial charge in [-0.3, -0.25) is 4.99 Å². The molecule has 2 saturated heterocycles. The van der Waals surface area contributed by atoms with Crippen LogP contribution in [0.25, 0.3) is 0 Å². The Kier molecular flexibility index (Phi) is 4.80. The molecule has 1 atom stereocenters. The van der Waals surface area contributed by atoms with Gasteiger partial charge in [-0.05, 0) is 44.2 Å². The molecule has 1 saturated carbocycles. The van der Waals surface area contributed by atoms with Crippen molar-refractivity contribution in [2.45, 2.75) is 38.0 Å². The molecule has 2 heterocycles. The fourth-order valence-electron chi connectivity index (χ4n) is 4.29. The van der Waals surface area contributed by atoms with Crippen molar-refractivity contribution in [2.75, 3.05) is 39.4 Å². The molecule has 1 aromatic carbocycles. The molecule has 1 N–H and O–H groups in total. The molecule has 3 aliphatic rings. The van der Waals surface area contributed by atoms with Gasteiger partial charge in [0.15, 0.2) is 5.96 Å². The van der Waals surface area contributed by atoms with Crippen LogP contribution in [0.3, 0.4) is 0 Å². The first-order valence-electron chi connectivity index (χ1n) is 9.53. The van der Waals surface area contributed by atoms with E-state index in [9.17, 15) is 0 Å². The Balaban J connectivity index is 1.49. The zero-order valence-electron chi connectivity index (χ0n) is 15.1. The highest BCUT2D eigenvalue weighted by atomic mass is 79.9. The van der Waals surface area contributed by atoms with Crippen molar-refractivity contribution in [2.24, 2.45) is 10.4 Å². The van der Waals surface area contributed by atoms with Crippen molar-refractivity contribution in [1.82, 2.24) is 10.2 Å². The van der Waals surface area contributed by atoms with Crippen molar-refractivity contribution in [3.05, 3.63) is 34.3 Å². The number of ether oxygens (including phenoxy) is 1. The molecule has 1 unspecified atom stereocenters. The predicted molar refractivity (Wildman–Crippen MR) is 105 cm³/mol. The van der Waals surface area contributed by atoms with Crippen LogP contribution in [0.1, 0.15) is 38.2 Å². The van der Waals surface area contributed by atoms with Crippen LogP contribution in [0.2, 0.25) is 0 Å². The van der Waals surface area contributed by atoms with Crippen molar-refractivity contribution >= 4 is 21.9 Å². The maximum Gasteiger partial charge on any atom is 0.193 e. The van der Waals surface area contributed by atoms with E-state index < -0.39 is 0 Å². The largest absolute Gasteiger partial charge is 0.381 e. The first-order valence-corrected chi connectivity index (χ1v) is 10.3. The number of nitrogens with one attached hydrogen (secondary N) is 1. The summed E-state index contributed by atoms with van der Waals surface area (Å²) in [7, 11) is 0. The summed E-state index contributed by atoms with van der Waals surface area (Å²) in [4.78, 5) is 7.52. The standard InChI is InChI=1S/C20H28BrN3O/c1-2-22-18(24-11-9-19(14-24)10-12-25-15-19)23-13-20(7-8-20)16-5-3-4-6-17(16)21/h3-6H,2,7-15H2,1H3,(H,22,23). The molecule has 1 aliphatic carbocycles. The van der Waals surface area contributed by atoms with Gasteiger partial charge in [0.05, 0.1) is 13.2 Å². The molecule has 5 heteroatoms. The second-order valence-corrected chi connectivity index (χ2v) is 8.76. The summed E-state index contributed by atoms with van der Waals surface area (Å²) in [6.07, 6.45) is 4.89. The van der Waals surface area contributed by atoms with Gasteiger partial charge in [-0.25, -0.2) is 0 Å². The molecular formula is C20H28BrN3O. The normalized spacial score (nSPS) is 27.9. The van der Waals surface area contributed by atoms with Crippen LogP contribution >= 0.6 is 15.9 Å². The minimum atomic E-state index is 0.231. The van der Waals surface area contributed by atoms with E-state index >= 15 is 0 Å². The van der Waals surface area contributed by atoms with Crippen LogP contribution in [0.4, 0.5) is 0 Å². The lowest BCUT2D eigenvalue weighted by atomic mass is 9.87. The summed E-state index contributed by atoms with van der Waals surface area (Å²) in [6.45, 7) is 7.97. The number of benzene rings is 1. The molecule has 0 bridgehead atoms. The molecule has 0 radical (unpaired) electrons. The quantitative estimate of drug-likeness (QED) is 0.614. The Morgan fingerprint density at radius 3 is 2.80 bits per heavy atom. The lowest BCUT2D eigenvalue weighted by Crippen LogP contribution is -2.42. The van der Waals surface area contributed by atoms with Gasteiger partial charge in [0.2, 0.25) is 0 Å². The van der Waals surface area contributed by atoms with Gasteiger partial charge in [-0.1, -0.05) is 34.1 Å². The van der Waals surface area contributed by atoms with E-state index in [0.717, 1.165) is 45.4 Å². The lowest BCUT2D eigenvalue weighted by Gasteiger charge is -2.25. The Labute approximate surface area is 159 Å². The second kappa shape index (κ2) is 6.92. The summed E-state index contributed by atoms with van der Waals surface area (Å²) >= 11 is 3.73. The van der Waals surface area contributed by atoms with Crippen LogP contribution in [0.5, 0.6) is 0 Å². The first-order chi connectivity index (χ1) is 12.2. The van der Waals surface area contributed by atoms with Crippen molar-refractivity contribution in [1.29, 1.82) is 0 Å². The molecule has 1 aromatic rings. The van der Waals surface area contributed by atoms with E-state index in [0.29, 0.717) is 5.41 Å². The fourth-order valence-corrected chi connectivity index (χ4v) is 5.00. The van der Waals surface area contributed by atoms with Gasteiger partial charge in [0, 0.05) is 41.5 Å². The average molecular weight is 406 g/mol. The van der Waals surface area contributed by atoms with E-state index in [-0.39, 0.29) is 5.41 Å². The Hall–Kier alpha value is -1.07. The summed E-state index contributed by atoms with van der Waals surface area (Å²) < 4.78 is 6.89. The summed E-state index contributed by atoms with van der Waals surface area (Å²) in [5, 5.41) is 3.52. The monoisotopic (exact) mass is 405 g/mol. The van der Waals surface area contributed by atoms with Crippen molar-refractivity contribution < 1.29 is 4.74 Å². The van der Waals surface area contributed by atoms with Crippen LogP contribution in [-0.4, -0.2) is 50.3 Å². The molecule has 25 heavy (non-hydrogen) atoms. The van der Waals surface area contributed by atoms with Gasteiger partial charge in [0.25, 0.3) is 0 Å². The van der Waals surface area contributed by atoms with Crippen molar-refractivity contribution in [3.8, 4) is 0 Å². The van der Waals surface area contributed by atoms with Crippen LogP contribution in [-0.2, 0) is 10.2 Å². The summed E-state index contributed by atoms with van der Waals surface area (Å²) in [5.41, 5.74) is 2.02. The molecule has 2 aliphatic heterocycles. The van der Waals surface area contributed by atoms with Gasteiger partial charge >= 0.3 is 0 Å². The number of rotatable bonds is 4. The van der Waals surface area contributed by atoms with Crippen LogP contribution < -0.4 is 5.32 Å². The van der Waals surface area contributed by atoms with Gasteiger partial charge in [0.1, 0.15) is 0 Å². The number of likely N-dealkylation sites (tertiary alicyclic amines) is 1. The molecule has 0 aromatic heterocycles. The Bertz CT molecular complexity index is 650. The second-order valence-electron chi connectivity index (χ2n) is 7.90. The number of hydrogen-bond acceptors (Lipinski definition) is 2. The highest BCUT2D eigenvalue weighted by Crippen LogP contribution is 2.50. The summed E-state index contributed by atoms with van der Waals surface area (Å²) in [6, 6.07) is 8.62. The van der Waals surface area contributed by atoms with E-state index in [4.69, 9.17) is 9.73 Å². The molecule has 0 amide bonds. The molecule has 4 nitrogen and oxygen atoms in total. The number of guanidine groups is 1. The van der Waals surface area contributed by atoms with Crippen LogP contribution in [0, 0.1) is 5.41 Å². The maximum absolute atomic E-state index is 5.67. The number of hydrogen-bond donors (Lipinski definition) is 1. The predicted octanol–water partition coefficient (Wildman–Crippen LogP) is 3.56. The number of aliphatic imine (C=N–C) groups is 1. The fraction of sp³-hybridized carbons (Fsp3) is 0.650. The smallest absolute Gasteiger partial charge is 0.193 e. The van der Waals surface area contributed by atoms with E-state index in [2.05, 4.69) is 57.3 Å². The van der Waals surface area contributed by atoms with Gasteiger partial charge in [-0.2, -0.15) is 0 Å². The third kappa shape index (κ3) is 3.45. The highest BCUT2D eigenvalue weighted by Gasteiger charge is 2.46. The topological polar surface area (TPSA) is 36.9 Å². The first kappa shape index (κ1) is 17.3. The highest BCUT2D eigenvalue weighted by molar-refractivity contribution is 9.10. The molecule has 1 spiro atoms. The van der Waals surface area contributed by atoms with E-state index in [1.165, 1.54) is 35.7 Å². The van der Waals surface area contributed by atoms with Crippen molar-refractivity contribution in [3.63, 3.8) is 0 Å². The van der Waals surface area contributed by atoms with Crippen LogP contribution in [0.15, 0.2) is 33.7 Å². The zero-order chi connectivity index (χ0) is 17.3. The Morgan fingerprint density at radius 1 is 1.28 bits per heavy atom. The van der Waals surface area contributed by atoms with E-state index in [1.807, 2.05) is 0 Å². The summed E-state index contributed by atoms with van der Waals surface area (Å²) in [5.74, 6) is 1.09. The number of halogens is 1. The lowest BCUT2D eigenvalue weighted by molar-refractivity contribution is 0.156. The van der Waals surface area contributed by atoms with E-state index in [1.54, 1.807) is 0 Å². The minimum Gasteiger partial charge on any atom is -0.381 e. The minimum absolute atomic E-state index is 0.231. The molecular weight excluding hydrogens is 378 g/mol. The van der Waals surface area contributed by atoms with Gasteiger partial charge in [-0.15, -0.1) is 0 Å². The average Bonchev–Trinajstić information content (AvgIpc) is 3.08. The third-order valence-corrected chi connectivity index (χ3v) is 6.78. The maximum atomic E-state index is 5.67. The van der Waals surface area contributed by atoms with Gasteiger partial charge < -0.3 is 15.0 Å². The molecule has 3 fully saturated rings. The SMILES string of the molecule is CCNC(=NCC1(c2ccccc2Br)CC1)N1CCC2(CCOC2)C1. The zero-order valence-corrected chi connectivity index (χ0v) is 16.6. The number of nitrogens with zero attached hydrogens (tertiary/aromatic N) is 2. The third-order valence-electron chi connectivity index (χ3n) is 6.09. The molecule has 136 valence electrons.